The number of aryl methyl sites for hydroxylation is 3. The summed E-state index contributed by atoms with van der Waals surface area (Å²) in [6, 6.07) is 8.00. The number of carbonyl (C=O) groups is 2. The Hall–Kier alpha value is -3.29. The zero-order chi connectivity index (χ0) is 22.5. The van der Waals surface area contributed by atoms with Crippen molar-refractivity contribution in [2.45, 2.75) is 47.1 Å². The van der Waals surface area contributed by atoms with Crippen molar-refractivity contribution < 1.29 is 18.7 Å². The lowest BCUT2D eigenvalue weighted by Crippen LogP contribution is -2.34. The predicted molar refractivity (Wildman–Crippen MR) is 114 cm³/mol. The number of benzene rings is 1. The second-order valence-corrected chi connectivity index (χ2v) is 7.52. The smallest absolute Gasteiger partial charge is 0.306 e. The monoisotopic (exact) mass is 426 g/mol. The maximum absolute atomic E-state index is 13.4. The normalized spacial score (nSPS) is 11.0. The van der Waals surface area contributed by atoms with Crippen molar-refractivity contribution in [2.75, 3.05) is 13.2 Å². The number of ether oxygens (including phenoxy) is 1. The average molecular weight is 426 g/mol. The van der Waals surface area contributed by atoms with Crippen LogP contribution in [-0.4, -0.2) is 44.5 Å². The van der Waals surface area contributed by atoms with Gasteiger partial charge in [-0.3, -0.25) is 9.59 Å². The van der Waals surface area contributed by atoms with Crippen LogP contribution in [0, 0.1) is 26.6 Å². The summed E-state index contributed by atoms with van der Waals surface area (Å²) in [6.45, 7) is 7.94. The third kappa shape index (κ3) is 5.45. The fourth-order valence-corrected chi connectivity index (χ4v) is 3.57. The Morgan fingerprint density at radius 3 is 2.68 bits per heavy atom. The molecule has 3 aromatic rings. The molecule has 0 N–H and O–H groups in total. The molecule has 0 unspecified atom stereocenters. The first-order valence-corrected chi connectivity index (χ1v) is 10.3. The highest BCUT2D eigenvalue weighted by molar-refractivity contribution is 5.80. The number of rotatable bonds is 8. The van der Waals surface area contributed by atoms with Crippen molar-refractivity contribution in [1.82, 2.24) is 19.5 Å². The number of halogens is 1. The summed E-state index contributed by atoms with van der Waals surface area (Å²) in [7, 11) is 0. The SMILES string of the molecule is CCN(Cc1cccc(F)c1)C(=O)COC(=O)CCc1c(C)nc2cc(C)nn2c1C. The van der Waals surface area contributed by atoms with E-state index in [1.54, 1.807) is 16.6 Å². The Labute approximate surface area is 180 Å². The van der Waals surface area contributed by atoms with E-state index in [0.29, 0.717) is 18.5 Å². The van der Waals surface area contributed by atoms with Gasteiger partial charge in [-0.05, 0) is 57.4 Å². The first kappa shape index (κ1) is 22.4. The topological polar surface area (TPSA) is 76.8 Å². The lowest BCUT2D eigenvalue weighted by atomic mass is 10.1. The summed E-state index contributed by atoms with van der Waals surface area (Å²) in [5, 5.41) is 4.43. The van der Waals surface area contributed by atoms with Gasteiger partial charge in [-0.2, -0.15) is 5.10 Å². The molecule has 0 aliphatic heterocycles. The highest BCUT2D eigenvalue weighted by atomic mass is 19.1. The molecule has 0 fully saturated rings. The summed E-state index contributed by atoms with van der Waals surface area (Å²) in [5.74, 6) is -1.12. The number of hydrogen-bond donors (Lipinski definition) is 0. The first-order valence-electron chi connectivity index (χ1n) is 10.3. The van der Waals surface area contributed by atoms with E-state index in [4.69, 9.17) is 4.74 Å². The first-order chi connectivity index (χ1) is 14.8. The molecule has 7 nitrogen and oxygen atoms in total. The molecule has 0 radical (unpaired) electrons. The predicted octanol–water partition coefficient (Wildman–Crippen LogP) is 3.32. The number of amides is 1. The van der Waals surface area contributed by atoms with Gasteiger partial charge in [0.1, 0.15) is 5.82 Å². The van der Waals surface area contributed by atoms with Gasteiger partial charge in [0.15, 0.2) is 12.3 Å². The number of likely N-dealkylation sites (N-methyl/N-ethyl adjacent to an activating group) is 1. The van der Waals surface area contributed by atoms with E-state index in [9.17, 15) is 14.0 Å². The molecule has 8 heteroatoms. The Morgan fingerprint density at radius 1 is 1.19 bits per heavy atom. The summed E-state index contributed by atoms with van der Waals surface area (Å²) in [6.07, 6.45) is 0.589. The zero-order valence-corrected chi connectivity index (χ0v) is 18.3. The Bertz CT molecular complexity index is 1110. The number of carbonyl (C=O) groups excluding carboxylic acids is 2. The van der Waals surface area contributed by atoms with E-state index in [0.717, 1.165) is 28.3 Å². The molecular weight excluding hydrogens is 399 g/mol. The van der Waals surface area contributed by atoms with Crippen LogP contribution < -0.4 is 0 Å². The van der Waals surface area contributed by atoms with E-state index >= 15 is 0 Å². The van der Waals surface area contributed by atoms with Gasteiger partial charge in [0.2, 0.25) is 0 Å². The van der Waals surface area contributed by atoms with Crippen molar-refractivity contribution in [2.24, 2.45) is 0 Å². The fraction of sp³-hybridized carbons (Fsp3) is 0.391. The molecule has 31 heavy (non-hydrogen) atoms. The summed E-state index contributed by atoms with van der Waals surface area (Å²) < 4.78 is 20.3. The van der Waals surface area contributed by atoms with Crippen LogP contribution in [0.1, 0.15) is 41.6 Å². The van der Waals surface area contributed by atoms with Crippen LogP contribution in [0.25, 0.3) is 5.65 Å². The van der Waals surface area contributed by atoms with Gasteiger partial charge >= 0.3 is 5.97 Å². The quantitative estimate of drug-likeness (QED) is 0.517. The number of fused-ring (bicyclic) bond motifs is 1. The van der Waals surface area contributed by atoms with E-state index in [2.05, 4.69) is 10.1 Å². The molecule has 3 rings (SSSR count). The largest absolute Gasteiger partial charge is 0.456 e. The van der Waals surface area contributed by atoms with Crippen molar-refractivity contribution in [3.05, 3.63) is 64.4 Å². The molecule has 0 bridgehead atoms. The maximum atomic E-state index is 13.4. The highest BCUT2D eigenvalue weighted by Gasteiger charge is 2.17. The van der Waals surface area contributed by atoms with Crippen molar-refractivity contribution in [1.29, 1.82) is 0 Å². The third-order valence-electron chi connectivity index (χ3n) is 5.22. The van der Waals surface area contributed by atoms with Gasteiger partial charge in [0.25, 0.3) is 5.91 Å². The maximum Gasteiger partial charge on any atom is 0.306 e. The lowest BCUT2D eigenvalue weighted by molar-refractivity contribution is -0.152. The molecular formula is C23H27FN4O3. The van der Waals surface area contributed by atoms with Gasteiger partial charge in [-0.15, -0.1) is 0 Å². The molecule has 0 aliphatic rings. The van der Waals surface area contributed by atoms with Crippen LogP contribution in [0.5, 0.6) is 0 Å². The minimum atomic E-state index is -0.453. The van der Waals surface area contributed by atoms with Crippen molar-refractivity contribution >= 4 is 17.5 Å². The van der Waals surface area contributed by atoms with Gasteiger partial charge in [-0.1, -0.05) is 12.1 Å². The van der Waals surface area contributed by atoms with E-state index < -0.39 is 5.97 Å². The van der Waals surface area contributed by atoms with Gasteiger partial charge < -0.3 is 9.64 Å². The Morgan fingerprint density at radius 2 is 1.97 bits per heavy atom. The van der Waals surface area contributed by atoms with Crippen molar-refractivity contribution in [3.63, 3.8) is 0 Å². The van der Waals surface area contributed by atoms with Gasteiger partial charge in [0, 0.05) is 37.0 Å². The second-order valence-electron chi connectivity index (χ2n) is 7.52. The number of aromatic nitrogens is 3. The summed E-state index contributed by atoms with van der Waals surface area (Å²) in [5.41, 5.74) is 5.07. The standard InChI is InChI=1S/C23H27FN4O3/c1-5-27(13-18-7-6-8-19(24)12-18)22(29)14-31-23(30)10-9-20-16(3)25-21-11-15(2)26-28(21)17(20)4/h6-8,11-12H,5,9-10,13-14H2,1-4H3. The molecule has 0 saturated carbocycles. The minimum Gasteiger partial charge on any atom is -0.456 e. The van der Waals surface area contributed by atoms with E-state index in [1.807, 2.05) is 33.8 Å². The summed E-state index contributed by atoms with van der Waals surface area (Å²) >= 11 is 0. The van der Waals surface area contributed by atoms with E-state index in [-0.39, 0.29) is 31.3 Å². The van der Waals surface area contributed by atoms with Crippen LogP contribution >= 0.6 is 0 Å². The highest BCUT2D eigenvalue weighted by Crippen LogP contribution is 2.17. The van der Waals surface area contributed by atoms with Crippen molar-refractivity contribution in [3.8, 4) is 0 Å². The Kier molecular flexibility index (Phi) is 6.99. The molecule has 1 amide bonds. The second kappa shape index (κ2) is 9.68. The minimum absolute atomic E-state index is 0.137. The molecule has 0 aliphatic carbocycles. The lowest BCUT2D eigenvalue weighted by Gasteiger charge is -2.21. The van der Waals surface area contributed by atoms with Crippen LogP contribution in [0.3, 0.4) is 0 Å². The molecule has 2 heterocycles. The molecule has 0 atom stereocenters. The van der Waals surface area contributed by atoms with Crippen LogP contribution in [0.4, 0.5) is 4.39 Å². The molecule has 0 spiro atoms. The molecule has 1 aromatic carbocycles. The van der Waals surface area contributed by atoms with Crippen LogP contribution in [-0.2, 0) is 27.3 Å². The van der Waals surface area contributed by atoms with E-state index in [1.165, 1.54) is 17.0 Å². The molecule has 164 valence electrons. The average Bonchev–Trinajstić information content (AvgIpc) is 3.10. The molecule has 0 saturated heterocycles. The number of nitrogens with zero attached hydrogens (tertiary/aromatic N) is 4. The van der Waals surface area contributed by atoms with Crippen LogP contribution in [0.2, 0.25) is 0 Å². The zero-order valence-electron chi connectivity index (χ0n) is 18.3. The fourth-order valence-electron chi connectivity index (χ4n) is 3.57. The van der Waals surface area contributed by atoms with Crippen LogP contribution in [0.15, 0.2) is 30.3 Å². The third-order valence-corrected chi connectivity index (χ3v) is 5.22. The Balaban J connectivity index is 1.55. The van der Waals surface area contributed by atoms with Gasteiger partial charge in [0.05, 0.1) is 5.69 Å². The molecule has 2 aromatic heterocycles. The van der Waals surface area contributed by atoms with Gasteiger partial charge in [-0.25, -0.2) is 13.9 Å². The summed E-state index contributed by atoms with van der Waals surface area (Å²) in [4.78, 5) is 30.7. The number of esters is 1. The number of hydrogen-bond acceptors (Lipinski definition) is 5.